The summed E-state index contributed by atoms with van der Waals surface area (Å²) in [5.74, 6) is 0.708. The normalized spacial score (nSPS) is 11.1. The fourth-order valence-corrected chi connectivity index (χ4v) is 1.59. The zero-order valence-corrected chi connectivity index (χ0v) is 11.1. The second-order valence-corrected chi connectivity index (χ2v) is 4.64. The number of carbonyl (C=O) groups excluding carboxylic acids is 1. The highest BCUT2D eigenvalue weighted by Gasteiger charge is 2.06. The van der Waals surface area contributed by atoms with Gasteiger partial charge < -0.3 is 10.1 Å². The van der Waals surface area contributed by atoms with E-state index in [1.165, 1.54) is 0 Å². The van der Waals surface area contributed by atoms with E-state index in [9.17, 15) is 4.79 Å². The average Bonchev–Trinajstić information content (AvgIpc) is 2.15. The van der Waals surface area contributed by atoms with Crippen LogP contribution >= 0.6 is 0 Å². The average molecular weight is 230 g/mol. The first-order valence-corrected chi connectivity index (χ1v) is 6.00. The first kappa shape index (κ1) is 15.4. The highest BCUT2D eigenvalue weighted by atomic mass is 16.5. The van der Waals surface area contributed by atoms with Crippen LogP contribution in [-0.4, -0.2) is 51.2 Å². The summed E-state index contributed by atoms with van der Waals surface area (Å²) in [6.07, 6.45) is 1.98. The SMILES string of the molecule is COCCCCNC(=O)CN(C)CC(C)C. The van der Waals surface area contributed by atoms with Crippen molar-refractivity contribution in [1.29, 1.82) is 0 Å². The fourth-order valence-electron chi connectivity index (χ4n) is 1.59. The minimum atomic E-state index is 0.112. The third-order valence-electron chi connectivity index (χ3n) is 2.19. The van der Waals surface area contributed by atoms with E-state index in [1.807, 2.05) is 7.05 Å². The monoisotopic (exact) mass is 230 g/mol. The summed E-state index contributed by atoms with van der Waals surface area (Å²) in [4.78, 5) is 13.5. The second kappa shape index (κ2) is 9.60. The molecule has 0 rings (SSSR count). The molecule has 0 radical (unpaired) electrons. The molecule has 16 heavy (non-hydrogen) atoms. The van der Waals surface area contributed by atoms with Gasteiger partial charge in [0.15, 0.2) is 0 Å². The van der Waals surface area contributed by atoms with Crippen molar-refractivity contribution >= 4 is 5.91 Å². The van der Waals surface area contributed by atoms with Crippen molar-refractivity contribution in [2.24, 2.45) is 5.92 Å². The first-order valence-electron chi connectivity index (χ1n) is 6.00. The molecule has 0 aromatic heterocycles. The van der Waals surface area contributed by atoms with Crippen LogP contribution in [0.2, 0.25) is 0 Å². The van der Waals surface area contributed by atoms with Gasteiger partial charge >= 0.3 is 0 Å². The predicted molar refractivity (Wildman–Crippen MR) is 66.5 cm³/mol. The predicted octanol–water partition coefficient (Wildman–Crippen LogP) is 1.12. The summed E-state index contributed by atoms with van der Waals surface area (Å²) >= 11 is 0. The number of amides is 1. The minimum Gasteiger partial charge on any atom is -0.385 e. The molecular weight excluding hydrogens is 204 g/mol. The molecule has 96 valence electrons. The van der Waals surface area contributed by atoms with Gasteiger partial charge in [0.05, 0.1) is 6.54 Å². The summed E-state index contributed by atoms with van der Waals surface area (Å²) < 4.78 is 4.94. The number of rotatable bonds is 9. The maximum Gasteiger partial charge on any atom is 0.234 e. The van der Waals surface area contributed by atoms with Crippen LogP contribution in [0, 0.1) is 5.92 Å². The number of likely N-dealkylation sites (N-methyl/N-ethyl adjacent to an activating group) is 1. The molecule has 0 fully saturated rings. The van der Waals surface area contributed by atoms with E-state index in [2.05, 4.69) is 24.1 Å². The highest BCUT2D eigenvalue weighted by Crippen LogP contribution is 1.95. The maximum absolute atomic E-state index is 11.5. The number of carbonyl (C=O) groups is 1. The lowest BCUT2D eigenvalue weighted by Crippen LogP contribution is -2.37. The van der Waals surface area contributed by atoms with E-state index < -0.39 is 0 Å². The Morgan fingerprint density at radius 1 is 1.38 bits per heavy atom. The third-order valence-corrected chi connectivity index (χ3v) is 2.19. The van der Waals surface area contributed by atoms with E-state index in [-0.39, 0.29) is 5.91 Å². The van der Waals surface area contributed by atoms with E-state index in [0.717, 1.165) is 32.5 Å². The lowest BCUT2D eigenvalue weighted by atomic mass is 10.2. The third kappa shape index (κ3) is 9.93. The first-order chi connectivity index (χ1) is 7.56. The number of nitrogens with zero attached hydrogens (tertiary/aromatic N) is 1. The summed E-state index contributed by atoms with van der Waals surface area (Å²) in [5.41, 5.74) is 0. The molecule has 0 heterocycles. The highest BCUT2D eigenvalue weighted by molar-refractivity contribution is 5.77. The second-order valence-electron chi connectivity index (χ2n) is 4.64. The smallest absolute Gasteiger partial charge is 0.234 e. The van der Waals surface area contributed by atoms with E-state index in [4.69, 9.17) is 4.74 Å². The molecule has 4 nitrogen and oxygen atoms in total. The number of hydrogen-bond donors (Lipinski definition) is 1. The van der Waals surface area contributed by atoms with Gasteiger partial charge in [-0.15, -0.1) is 0 Å². The van der Waals surface area contributed by atoms with Crippen LogP contribution in [0.15, 0.2) is 0 Å². The van der Waals surface area contributed by atoms with Gasteiger partial charge in [0.25, 0.3) is 0 Å². The zero-order chi connectivity index (χ0) is 12.4. The van der Waals surface area contributed by atoms with Gasteiger partial charge in [-0.2, -0.15) is 0 Å². The van der Waals surface area contributed by atoms with E-state index >= 15 is 0 Å². The molecule has 1 N–H and O–H groups in total. The molecule has 0 aliphatic heterocycles. The largest absolute Gasteiger partial charge is 0.385 e. The summed E-state index contributed by atoms with van der Waals surface area (Å²) in [6, 6.07) is 0. The fraction of sp³-hybridized carbons (Fsp3) is 0.917. The minimum absolute atomic E-state index is 0.112. The van der Waals surface area contributed by atoms with Gasteiger partial charge in [0.1, 0.15) is 0 Å². The molecular formula is C12H26N2O2. The number of hydrogen-bond acceptors (Lipinski definition) is 3. The van der Waals surface area contributed by atoms with Gasteiger partial charge in [0, 0.05) is 26.8 Å². The van der Waals surface area contributed by atoms with Crippen LogP contribution in [0.1, 0.15) is 26.7 Å². The van der Waals surface area contributed by atoms with Crippen molar-refractivity contribution in [1.82, 2.24) is 10.2 Å². The van der Waals surface area contributed by atoms with E-state index in [1.54, 1.807) is 7.11 Å². The maximum atomic E-state index is 11.5. The zero-order valence-electron chi connectivity index (χ0n) is 11.1. The molecule has 0 aliphatic carbocycles. The molecule has 4 heteroatoms. The Balaban J connectivity index is 3.43. The Hall–Kier alpha value is -0.610. The van der Waals surface area contributed by atoms with Crippen molar-refractivity contribution in [3.63, 3.8) is 0 Å². The Morgan fingerprint density at radius 3 is 2.62 bits per heavy atom. The summed E-state index contributed by atoms with van der Waals surface area (Å²) in [7, 11) is 3.67. The number of nitrogens with one attached hydrogen (secondary N) is 1. The van der Waals surface area contributed by atoms with Crippen molar-refractivity contribution in [3.05, 3.63) is 0 Å². The number of ether oxygens (including phenoxy) is 1. The quantitative estimate of drug-likeness (QED) is 0.603. The molecule has 0 aromatic carbocycles. The molecule has 0 aliphatic rings. The molecule has 1 amide bonds. The topological polar surface area (TPSA) is 41.6 Å². The Labute approximate surface area is 99.3 Å². The Bertz CT molecular complexity index is 184. The van der Waals surface area contributed by atoms with Crippen LogP contribution in [0.4, 0.5) is 0 Å². The van der Waals surface area contributed by atoms with Crippen LogP contribution in [0.5, 0.6) is 0 Å². The van der Waals surface area contributed by atoms with Crippen LogP contribution in [0.3, 0.4) is 0 Å². The molecule has 0 aromatic rings. The van der Waals surface area contributed by atoms with Crippen LogP contribution in [0.25, 0.3) is 0 Å². The standard InChI is InChI=1S/C12H26N2O2/c1-11(2)9-14(3)10-12(15)13-7-5-6-8-16-4/h11H,5-10H2,1-4H3,(H,13,15). The summed E-state index contributed by atoms with van der Waals surface area (Å²) in [6.45, 7) is 7.26. The Morgan fingerprint density at radius 2 is 2.06 bits per heavy atom. The molecule has 0 bridgehead atoms. The lowest BCUT2D eigenvalue weighted by Gasteiger charge is -2.18. The van der Waals surface area contributed by atoms with Gasteiger partial charge in [-0.3, -0.25) is 9.69 Å². The summed E-state index contributed by atoms with van der Waals surface area (Å²) in [5, 5.41) is 2.91. The van der Waals surface area contributed by atoms with Crippen molar-refractivity contribution < 1.29 is 9.53 Å². The number of unbranched alkanes of at least 4 members (excludes halogenated alkanes) is 1. The van der Waals surface area contributed by atoms with Gasteiger partial charge in [0.2, 0.25) is 5.91 Å². The van der Waals surface area contributed by atoms with Gasteiger partial charge in [-0.25, -0.2) is 0 Å². The van der Waals surface area contributed by atoms with Crippen molar-refractivity contribution in [2.45, 2.75) is 26.7 Å². The van der Waals surface area contributed by atoms with Gasteiger partial charge in [-0.1, -0.05) is 13.8 Å². The molecule has 0 spiro atoms. The lowest BCUT2D eigenvalue weighted by molar-refractivity contribution is -0.122. The molecule has 0 saturated heterocycles. The molecule has 0 saturated carbocycles. The molecule has 0 atom stereocenters. The van der Waals surface area contributed by atoms with Crippen LogP contribution < -0.4 is 5.32 Å². The van der Waals surface area contributed by atoms with Crippen LogP contribution in [-0.2, 0) is 9.53 Å². The van der Waals surface area contributed by atoms with Gasteiger partial charge in [-0.05, 0) is 25.8 Å². The molecule has 0 unspecified atom stereocenters. The van der Waals surface area contributed by atoms with E-state index in [0.29, 0.717) is 12.5 Å². The van der Waals surface area contributed by atoms with Crippen molar-refractivity contribution in [3.8, 4) is 0 Å². The number of methoxy groups -OCH3 is 1. The van der Waals surface area contributed by atoms with Crippen molar-refractivity contribution in [2.75, 3.05) is 40.4 Å². The Kier molecular flexibility index (Phi) is 9.24.